The third-order valence-corrected chi connectivity index (χ3v) is 2.77. The second kappa shape index (κ2) is 4.89. The number of nitriles is 1. The summed E-state index contributed by atoms with van der Waals surface area (Å²) in [5.74, 6) is 0.624. The molecule has 3 heteroatoms. The van der Waals surface area contributed by atoms with Gasteiger partial charge in [-0.2, -0.15) is 5.26 Å². The highest BCUT2D eigenvalue weighted by Gasteiger charge is 2.08. The molecule has 0 radical (unpaired) electrons. The van der Waals surface area contributed by atoms with Crippen molar-refractivity contribution < 1.29 is 0 Å². The van der Waals surface area contributed by atoms with Gasteiger partial charge < -0.3 is 5.32 Å². The van der Waals surface area contributed by atoms with Crippen LogP contribution in [-0.4, -0.2) is 4.98 Å². The number of pyridine rings is 1. The summed E-state index contributed by atoms with van der Waals surface area (Å²) < 4.78 is 0. The van der Waals surface area contributed by atoms with Crippen molar-refractivity contribution in [3.05, 3.63) is 52.7 Å². The Hall–Kier alpha value is -2.34. The van der Waals surface area contributed by atoms with Gasteiger partial charge in [0.25, 0.3) is 0 Å². The molecule has 0 saturated heterocycles. The van der Waals surface area contributed by atoms with E-state index in [0.29, 0.717) is 11.4 Å². The molecule has 90 valence electrons. The number of hydrogen-bond donors (Lipinski definition) is 1. The molecule has 2 rings (SSSR count). The average Bonchev–Trinajstić information content (AvgIpc) is 2.32. The summed E-state index contributed by atoms with van der Waals surface area (Å²) in [6, 6.07) is 12.1. The summed E-state index contributed by atoms with van der Waals surface area (Å²) in [7, 11) is 0. The van der Waals surface area contributed by atoms with Gasteiger partial charge in [-0.15, -0.1) is 0 Å². The number of rotatable bonds is 2. The predicted octanol–water partition coefficient (Wildman–Crippen LogP) is 3.62. The summed E-state index contributed by atoms with van der Waals surface area (Å²) in [6.07, 6.45) is 0. The molecule has 1 aromatic heterocycles. The van der Waals surface area contributed by atoms with Gasteiger partial charge in [-0.3, -0.25) is 0 Å². The van der Waals surface area contributed by atoms with Crippen molar-refractivity contribution in [1.82, 2.24) is 4.98 Å². The number of nitrogens with zero attached hydrogens (tertiary/aromatic N) is 2. The normalized spacial score (nSPS) is 9.89. The minimum absolute atomic E-state index is 0.598. The molecule has 0 saturated carbocycles. The molecule has 0 bridgehead atoms. The first-order valence-electron chi connectivity index (χ1n) is 5.82. The van der Waals surface area contributed by atoms with Gasteiger partial charge in [0, 0.05) is 11.4 Å². The lowest BCUT2D eigenvalue weighted by Gasteiger charge is -2.10. The van der Waals surface area contributed by atoms with E-state index in [2.05, 4.69) is 16.4 Å². The Morgan fingerprint density at radius 1 is 1.11 bits per heavy atom. The van der Waals surface area contributed by atoms with Gasteiger partial charge >= 0.3 is 0 Å². The summed E-state index contributed by atoms with van der Waals surface area (Å²) in [5, 5.41) is 12.4. The van der Waals surface area contributed by atoms with Crippen molar-refractivity contribution >= 4 is 11.5 Å². The van der Waals surface area contributed by atoms with Gasteiger partial charge in [0.15, 0.2) is 0 Å². The van der Waals surface area contributed by atoms with Crippen LogP contribution < -0.4 is 5.32 Å². The van der Waals surface area contributed by atoms with E-state index in [4.69, 9.17) is 0 Å². The van der Waals surface area contributed by atoms with Gasteiger partial charge in [-0.1, -0.05) is 17.7 Å². The molecule has 0 aliphatic carbocycles. The first-order valence-corrected chi connectivity index (χ1v) is 5.82. The van der Waals surface area contributed by atoms with Crippen LogP contribution in [0.4, 0.5) is 11.5 Å². The molecule has 0 fully saturated rings. The first-order chi connectivity index (χ1) is 8.60. The molecule has 1 heterocycles. The maximum Gasteiger partial charge on any atom is 0.148 e. The monoisotopic (exact) mass is 237 g/mol. The fourth-order valence-corrected chi connectivity index (χ4v) is 1.84. The first kappa shape index (κ1) is 12.1. The quantitative estimate of drug-likeness (QED) is 0.867. The van der Waals surface area contributed by atoms with Crippen LogP contribution in [0.5, 0.6) is 0 Å². The van der Waals surface area contributed by atoms with Crippen LogP contribution >= 0.6 is 0 Å². The van der Waals surface area contributed by atoms with Crippen LogP contribution in [0.1, 0.15) is 22.4 Å². The van der Waals surface area contributed by atoms with Crippen molar-refractivity contribution in [3.63, 3.8) is 0 Å². The van der Waals surface area contributed by atoms with E-state index < -0.39 is 0 Å². The summed E-state index contributed by atoms with van der Waals surface area (Å²) in [5.41, 5.74) is 4.59. The molecular weight excluding hydrogens is 222 g/mol. The summed E-state index contributed by atoms with van der Waals surface area (Å²) in [4.78, 5) is 4.39. The molecule has 0 spiro atoms. The number of aryl methyl sites for hydroxylation is 3. The Kier molecular flexibility index (Phi) is 3.29. The second-order valence-electron chi connectivity index (χ2n) is 4.41. The Labute approximate surface area is 107 Å². The third kappa shape index (κ3) is 2.49. The molecular formula is C15H15N3. The fourth-order valence-electron chi connectivity index (χ4n) is 1.84. The summed E-state index contributed by atoms with van der Waals surface area (Å²) in [6.45, 7) is 5.89. The predicted molar refractivity (Wildman–Crippen MR) is 72.9 cm³/mol. The lowest BCUT2D eigenvalue weighted by Crippen LogP contribution is -2.00. The Balaban J connectivity index is 2.40. The average molecular weight is 237 g/mol. The van der Waals surface area contributed by atoms with Gasteiger partial charge in [0.1, 0.15) is 11.9 Å². The van der Waals surface area contributed by atoms with Crippen LogP contribution in [0.2, 0.25) is 0 Å². The zero-order valence-electron chi connectivity index (χ0n) is 10.8. The number of benzene rings is 1. The number of anilines is 2. The molecule has 18 heavy (non-hydrogen) atoms. The summed E-state index contributed by atoms with van der Waals surface area (Å²) >= 11 is 0. The smallest absolute Gasteiger partial charge is 0.148 e. The Bertz CT molecular complexity index is 607. The lowest BCUT2D eigenvalue weighted by atomic mass is 10.1. The number of hydrogen-bond acceptors (Lipinski definition) is 3. The van der Waals surface area contributed by atoms with Crippen molar-refractivity contribution in [2.75, 3.05) is 5.32 Å². The highest BCUT2D eigenvalue weighted by Crippen LogP contribution is 2.22. The van der Waals surface area contributed by atoms with E-state index in [1.807, 2.05) is 51.1 Å². The Morgan fingerprint density at radius 2 is 1.78 bits per heavy atom. The van der Waals surface area contributed by atoms with Gasteiger partial charge in [-0.25, -0.2) is 4.98 Å². The molecule has 0 unspecified atom stereocenters. The Morgan fingerprint density at radius 3 is 2.39 bits per heavy atom. The molecule has 1 aromatic carbocycles. The zero-order valence-corrected chi connectivity index (χ0v) is 10.8. The van der Waals surface area contributed by atoms with E-state index in [-0.39, 0.29) is 0 Å². The van der Waals surface area contributed by atoms with Gasteiger partial charge in [0.2, 0.25) is 0 Å². The molecule has 1 N–H and O–H groups in total. The van der Waals surface area contributed by atoms with Crippen LogP contribution in [0.15, 0.2) is 30.3 Å². The van der Waals surface area contributed by atoms with Crippen LogP contribution in [0.25, 0.3) is 0 Å². The van der Waals surface area contributed by atoms with Gasteiger partial charge in [-0.05, 0) is 44.5 Å². The number of aromatic nitrogens is 1. The SMILES string of the molecule is Cc1ccc(Nc2nc(C)cc(C)c2C#N)cc1. The third-order valence-electron chi connectivity index (χ3n) is 2.77. The maximum atomic E-state index is 9.18. The molecule has 0 aliphatic heterocycles. The van der Waals surface area contributed by atoms with Crippen LogP contribution in [0.3, 0.4) is 0 Å². The lowest BCUT2D eigenvalue weighted by molar-refractivity contribution is 1.16. The van der Waals surface area contributed by atoms with E-state index >= 15 is 0 Å². The van der Waals surface area contributed by atoms with Crippen molar-refractivity contribution in [2.24, 2.45) is 0 Å². The highest BCUT2D eigenvalue weighted by molar-refractivity contribution is 5.64. The zero-order chi connectivity index (χ0) is 13.1. The van der Waals surface area contributed by atoms with E-state index in [1.54, 1.807) is 0 Å². The molecule has 0 aliphatic rings. The molecule has 2 aromatic rings. The van der Waals surface area contributed by atoms with Crippen molar-refractivity contribution in [1.29, 1.82) is 5.26 Å². The van der Waals surface area contributed by atoms with Crippen LogP contribution in [-0.2, 0) is 0 Å². The minimum atomic E-state index is 0.598. The molecule has 0 amide bonds. The minimum Gasteiger partial charge on any atom is -0.339 e. The standard InChI is InChI=1S/C15H15N3/c1-10-4-6-13(7-5-10)18-15-14(9-16)11(2)8-12(3)17-15/h4-8H,1-3H3,(H,17,18). The largest absolute Gasteiger partial charge is 0.339 e. The molecule has 3 nitrogen and oxygen atoms in total. The van der Waals surface area contributed by atoms with Crippen molar-refractivity contribution in [2.45, 2.75) is 20.8 Å². The van der Waals surface area contributed by atoms with Crippen molar-refractivity contribution in [3.8, 4) is 6.07 Å². The highest BCUT2D eigenvalue weighted by atomic mass is 15.0. The maximum absolute atomic E-state index is 9.18. The second-order valence-corrected chi connectivity index (χ2v) is 4.41. The van der Waals surface area contributed by atoms with Crippen LogP contribution in [0, 0.1) is 32.1 Å². The van der Waals surface area contributed by atoms with E-state index in [0.717, 1.165) is 16.9 Å². The van der Waals surface area contributed by atoms with Gasteiger partial charge in [0.05, 0.1) is 5.56 Å². The van der Waals surface area contributed by atoms with E-state index in [1.165, 1.54) is 5.56 Å². The topological polar surface area (TPSA) is 48.7 Å². The fraction of sp³-hybridized carbons (Fsp3) is 0.200. The molecule has 0 atom stereocenters. The number of nitrogens with one attached hydrogen (secondary N) is 1. The van der Waals surface area contributed by atoms with E-state index in [9.17, 15) is 5.26 Å².